The lowest BCUT2D eigenvalue weighted by molar-refractivity contribution is -0.132. The van der Waals surface area contributed by atoms with Crippen LogP contribution in [0, 0.1) is 0 Å². The minimum atomic E-state index is -0.763. The van der Waals surface area contributed by atoms with E-state index < -0.39 is 17.9 Å². The molecule has 1 saturated heterocycles. The fraction of sp³-hybridized carbons (Fsp3) is 0.467. The highest BCUT2D eigenvalue weighted by Crippen LogP contribution is 2.20. The Morgan fingerprint density at radius 2 is 2.21 bits per heavy atom. The van der Waals surface area contributed by atoms with Crippen LogP contribution in [0.2, 0.25) is 0 Å². The molecule has 0 aromatic carbocycles. The minimum absolute atomic E-state index is 0.140. The number of nitrogens with zero attached hydrogens (tertiary/aromatic N) is 2. The summed E-state index contributed by atoms with van der Waals surface area (Å²) in [6, 6.07) is -0.763. The number of amides is 4. The van der Waals surface area contributed by atoms with Gasteiger partial charge < -0.3 is 26.1 Å². The molecule has 0 saturated carbocycles. The molecule has 1 unspecified atom stereocenters. The van der Waals surface area contributed by atoms with Crippen molar-refractivity contribution in [3.8, 4) is 0 Å². The molecule has 158 valence electrons. The molecule has 2 heterocycles. The third-order valence-electron chi connectivity index (χ3n) is 3.44. The van der Waals surface area contributed by atoms with Crippen LogP contribution in [0.3, 0.4) is 0 Å². The monoisotopic (exact) mass is 462 g/mol. The third-order valence-corrected chi connectivity index (χ3v) is 5.63. The largest absolute Gasteiger partial charge is 0.398 e. The van der Waals surface area contributed by atoms with Crippen LogP contribution in [0.5, 0.6) is 0 Å². The Balaban J connectivity index is 1.98. The number of thioether (sulfide) groups is 1. The van der Waals surface area contributed by atoms with Crippen molar-refractivity contribution < 1.29 is 24.0 Å². The van der Waals surface area contributed by atoms with Crippen LogP contribution in [0.15, 0.2) is 10.5 Å². The molecule has 1 fully saturated rings. The van der Waals surface area contributed by atoms with Crippen molar-refractivity contribution in [2.75, 3.05) is 30.6 Å². The maximum atomic E-state index is 12.6. The SMILES string of the molecule is CO/N=C(\C(=O)N[C@@H]1C(=O)NC1SCCNC(C)=O)c1csc(NC(=O)CCl)n1. The number of nitrogens with one attached hydrogen (secondary N) is 4. The Morgan fingerprint density at radius 3 is 2.83 bits per heavy atom. The van der Waals surface area contributed by atoms with E-state index in [9.17, 15) is 19.2 Å². The lowest BCUT2D eigenvalue weighted by Crippen LogP contribution is -2.68. The summed E-state index contributed by atoms with van der Waals surface area (Å²) in [5.74, 6) is -1.23. The number of hydrogen-bond donors (Lipinski definition) is 4. The summed E-state index contributed by atoms with van der Waals surface area (Å²) < 4.78 is 0. The molecule has 4 amide bonds. The quantitative estimate of drug-likeness (QED) is 0.120. The zero-order chi connectivity index (χ0) is 21.4. The number of carbonyl (C=O) groups excluding carboxylic acids is 4. The van der Waals surface area contributed by atoms with Gasteiger partial charge in [-0.25, -0.2) is 4.98 Å². The summed E-state index contributed by atoms with van der Waals surface area (Å²) in [4.78, 5) is 55.5. The van der Waals surface area contributed by atoms with E-state index in [2.05, 4.69) is 31.4 Å². The summed E-state index contributed by atoms with van der Waals surface area (Å²) in [7, 11) is 1.27. The second kappa shape index (κ2) is 11.0. The van der Waals surface area contributed by atoms with Crippen LogP contribution in [0.1, 0.15) is 12.6 Å². The van der Waals surface area contributed by atoms with E-state index >= 15 is 0 Å². The van der Waals surface area contributed by atoms with Crippen molar-refractivity contribution in [1.29, 1.82) is 0 Å². The Kier molecular flexibility index (Phi) is 8.67. The standard InChI is InChI=1S/C15H19ClN6O5S2/c1-7(23)17-3-4-28-14-11(13(26)21-14)20-12(25)10(22-27-2)8-6-29-15(18-8)19-9(24)5-16/h6,11,14H,3-5H2,1-2H3,(H,17,23)(H,20,25)(H,21,26)(H,18,19,24)/b22-10-/t11-,14?/m1/s1. The zero-order valence-electron chi connectivity index (χ0n) is 15.5. The first-order valence-corrected chi connectivity index (χ1v) is 10.7. The average molecular weight is 463 g/mol. The van der Waals surface area contributed by atoms with Gasteiger partial charge in [-0.05, 0) is 0 Å². The molecule has 1 aliphatic heterocycles. The Bertz CT molecular complexity index is 817. The molecule has 1 aromatic heterocycles. The summed E-state index contributed by atoms with van der Waals surface area (Å²) in [6.45, 7) is 1.86. The van der Waals surface area contributed by atoms with Crippen molar-refractivity contribution in [1.82, 2.24) is 20.9 Å². The van der Waals surface area contributed by atoms with Gasteiger partial charge in [-0.15, -0.1) is 34.7 Å². The fourth-order valence-electron chi connectivity index (χ4n) is 2.14. The second-order valence-electron chi connectivity index (χ2n) is 5.58. The molecule has 0 aliphatic carbocycles. The van der Waals surface area contributed by atoms with Crippen molar-refractivity contribution in [2.24, 2.45) is 5.16 Å². The number of anilines is 1. The van der Waals surface area contributed by atoms with Gasteiger partial charge in [-0.3, -0.25) is 19.2 Å². The van der Waals surface area contributed by atoms with Gasteiger partial charge in [0.05, 0.1) is 0 Å². The maximum Gasteiger partial charge on any atom is 0.276 e. The zero-order valence-corrected chi connectivity index (χ0v) is 17.9. The molecule has 2 rings (SSSR count). The van der Waals surface area contributed by atoms with Crippen molar-refractivity contribution >= 4 is 69.2 Å². The molecule has 0 spiro atoms. The minimum Gasteiger partial charge on any atom is -0.398 e. The highest BCUT2D eigenvalue weighted by atomic mass is 35.5. The van der Waals surface area contributed by atoms with Gasteiger partial charge >= 0.3 is 0 Å². The Morgan fingerprint density at radius 1 is 1.45 bits per heavy atom. The molecular weight excluding hydrogens is 444 g/mol. The first-order valence-electron chi connectivity index (χ1n) is 8.25. The van der Waals surface area contributed by atoms with Crippen LogP contribution < -0.4 is 21.3 Å². The molecular formula is C15H19ClN6O5S2. The van der Waals surface area contributed by atoms with Gasteiger partial charge in [0.2, 0.25) is 17.7 Å². The van der Waals surface area contributed by atoms with Gasteiger partial charge in [0.25, 0.3) is 5.91 Å². The van der Waals surface area contributed by atoms with E-state index in [0.717, 1.165) is 11.3 Å². The molecule has 4 N–H and O–H groups in total. The number of alkyl halides is 1. The number of thiazole rings is 1. The molecule has 14 heteroatoms. The van der Waals surface area contributed by atoms with Crippen molar-refractivity contribution in [2.45, 2.75) is 18.3 Å². The van der Waals surface area contributed by atoms with Gasteiger partial charge in [0.15, 0.2) is 10.8 Å². The molecule has 2 atom stereocenters. The van der Waals surface area contributed by atoms with E-state index in [1.54, 1.807) is 0 Å². The van der Waals surface area contributed by atoms with E-state index in [0.29, 0.717) is 12.3 Å². The molecule has 1 aromatic rings. The van der Waals surface area contributed by atoms with Crippen LogP contribution in [-0.2, 0) is 24.0 Å². The van der Waals surface area contributed by atoms with Crippen molar-refractivity contribution in [3.63, 3.8) is 0 Å². The summed E-state index contributed by atoms with van der Waals surface area (Å²) >= 11 is 7.91. The van der Waals surface area contributed by atoms with Gasteiger partial charge in [0, 0.05) is 24.6 Å². The number of β-lactam (4-membered cyclic amide) rings is 1. The highest BCUT2D eigenvalue weighted by Gasteiger charge is 2.41. The lowest BCUT2D eigenvalue weighted by atomic mass is 10.1. The van der Waals surface area contributed by atoms with Gasteiger partial charge in [-0.2, -0.15) is 0 Å². The number of oxime groups is 1. The van der Waals surface area contributed by atoms with Gasteiger partial charge in [0.1, 0.15) is 30.1 Å². The normalized spacial score (nSPS) is 18.3. The van der Waals surface area contributed by atoms with Crippen molar-refractivity contribution in [3.05, 3.63) is 11.1 Å². The molecule has 0 bridgehead atoms. The van der Waals surface area contributed by atoms with Gasteiger partial charge in [-0.1, -0.05) is 5.16 Å². The Hall–Kier alpha value is -2.38. The topological polar surface area (TPSA) is 151 Å². The van der Waals surface area contributed by atoms with E-state index in [1.807, 2.05) is 0 Å². The molecule has 1 aliphatic rings. The van der Waals surface area contributed by atoms with Crippen LogP contribution in [0.4, 0.5) is 5.13 Å². The predicted molar refractivity (Wildman–Crippen MR) is 110 cm³/mol. The first kappa shape index (κ1) is 22.9. The predicted octanol–water partition coefficient (Wildman–Crippen LogP) is -0.519. The number of aromatic nitrogens is 1. The average Bonchev–Trinajstić information content (AvgIpc) is 3.13. The number of hydrogen-bond acceptors (Lipinski definition) is 9. The second-order valence-corrected chi connectivity index (χ2v) is 7.95. The molecule has 0 radical (unpaired) electrons. The molecule has 11 nitrogen and oxygen atoms in total. The first-order chi connectivity index (χ1) is 13.8. The summed E-state index contributed by atoms with van der Waals surface area (Å²) in [5, 5.41) is 15.5. The highest BCUT2D eigenvalue weighted by molar-refractivity contribution is 8.00. The summed E-state index contributed by atoms with van der Waals surface area (Å²) in [6.07, 6.45) is 0. The van der Waals surface area contributed by atoms with E-state index in [-0.39, 0.29) is 39.6 Å². The number of carbonyl (C=O) groups is 4. The fourth-order valence-corrected chi connectivity index (χ4v) is 3.98. The third kappa shape index (κ3) is 6.58. The van der Waals surface area contributed by atoms with Crippen LogP contribution >= 0.6 is 34.7 Å². The van der Waals surface area contributed by atoms with E-state index in [4.69, 9.17) is 16.4 Å². The molecule has 29 heavy (non-hydrogen) atoms. The lowest BCUT2D eigenvalue weighted by Gasteiger charge is -2.36. The van der Waals surface area contributed by atoms with Crippen LogP contribution in [0.25, 0.3) is 0 Å². The van der Waals surface area contributed by atoms with E-state index in [1.165, 1.54) is 31.2 Å². The number of halogens is 1. The Labute approximate surface area is 179 Å². The number of rotatable bonds is 10. The van der Waals surface area contributed by atoms with Crippen LogP contribution in [-0.4, -0.2) is 71.0 Å². The maximum absolute atomic E-state index is 12.6. The summed E-state index contributed by atoms with van der Waals surface area (Å²) in [5.41, 5.74) is 0.0330. The smallest absolute Gasteiger partial charge is 0.276 e.